The van der Waals surface area contributed by atoms with E-state index >= 15 is 0 Å². The molecule has 0 saturated heterocycles. The highest BCUT2D eigenvalue weighted by Gasteiger charge is 2.13. The monoisotopic (exact) mass is 345 g/mol. The van der Waals surface area contributed by atoms with E-state index in [4.69, 9.17) is 4.74 Å². The van der Waals surface area contributed by atoms with E-state index in [9.17, 15) is 8.42 Å². The van der Waals surface area contributed by atoms with Crippen LogP contribution in [0.1, 0.15) is 13.8 Å². The lowest BCUT2D eigenvalue weighted by Crippen LogP contribution is -2.31. The molecule has 0 aliphatic heterocycles. The number of hydrogen-bond acceptors (Lipinski definition) is 3. The summed E-state index contributed by atoms with van der Waals surface area (Å²) < 4.78 is 31.5. The third kappa shape index (κ3) is 6.10. The van der Waals surface area contributed by atoms with Crippen LogP contribution in [-0.2, 0) is 10.0 Å². The molecule has 0 aromatic heterocycles. The summed E-state index contributed by atoms with van der Waals surface area (Å²) in [6.45, 7) is 3.56. The Morgan fingerprint density at radius 3 is 2.74 bits per heavy atom. The Hall–Kier alpha value is -1.03. The highest BCUT2D eigenvalue weighted by molar-refractivity contribution is 9.10. The zero-order chi connectivity index (χ0) is 14.3. The molecule has 0 saturated carbocycles. The third-order valence-electron chi connectivity index (χ3n) is 2.21. The first-order valence-electron chi connectivity index (χ1n) is 5.74. The Bertz CT molecular complexity index is 573. The van der Waals surface area contributed by atoms with E-state index in [0.717, 1.165) is 4.47 Å². The van der Waals surface area contributed by atoms with Crippen LogP contribution >= 0.6 is 15.9 Å². The maximum absolute atomic E-state index is 11.4. The van der Waals surface area contributed by atoms with Gasteiger partial charge in [-0.3, -0.25) is 0 Å². The van der Waals surface area contributed by atoms with Crippen LogP contribution in [0.25, 0.3) is 0 Å². The van der Waals surface area contributed by atoms with Crippen molar-refractivity contribution in [2.75, 3.05) is 13.2 Å². The predicted octanol–water partition coefficient (Wildman–Crippen LogP) is 2.16. The number of sulfonamides is 1. The molecular formula is C13H16BrNO3S. The topological polar surface area (TPSA) is 55.4 Å². The van der Waals surface area contributed by atoms with Crippen LogP contribution in [0.2, 0.25) is 0 Å². The molecule has 6 heteroatoms. The van der Waals surface area contributed by atoms with Gasteiger partial charge in [0.15, 0.2) is 0 Å². The van der Waals surface area contributed by atoms with E-state index < -0.39 is 15.3 Å². The Balaban J connectivity index is 2.33. The molecule has 1 aromatic rings. The molecule has 1 rings (SSSR count). The van der Waals surface area contributed by atoms with Gasteiger partial charge < -0.3 is 4.74 Å². The largest absolute Gasteiger partial charge is 0.481 e. The van der Waals surface area contributed by atoms with Crippen molar-refractivity contribution in [3.05, 3.63) is 28.7 Å². The average Bonchev–Trinajstić information content (AvgIpc) is 2.33. The van der Waals surface area contributed by atoms with E-state index in [1.54, 1.807) is 13.8 Å². The van der Waals surface area contributed by atoms with Gasteiger partial charge in [-0.1, -0.05) is 33.8 Å². The lowest BCUT2D eigenvalue weighted by molar-refractivity contribution is 0.370. The van der Waals surface area contributed by atoms with Gasteiger partial charge in [0.1, 0.15) is 12.4 Å². The lowest BCUT2D eigenvalue weighted by atomic mass is 10.3. The molecule has 0 fully saturated rings. The summed E-state index contributed by atoms with van der Waals surface area (Å²) >= 11 is 3.34. The second kappa shape index (κ2) is 7.53. The SMILES string of the molecule is CC(C)S(=O)(=O)NCC#CCOc1cccc(Br)c1. The molecule has 0 unspecified atom stereocenters. The minimum atomic E-state index is -3.24. The van der Waals surface area contributed by atoms with Crippen LogP contribution in [0.3, 0.4) is 0 Å². The quantitative estimate of drug-likeness (QED) is 0.832. The van der Waals surface area contributed by atoms with Crippen molar-refractivity contribution in [1.82, 2.24) is 4.72 Å². The number of halogens is 1. The molecule has 0 amide bonds. The van der Waals surface area contributed by atoms with Gasteiger partial charge in [-0.05, 0) is 32.0 Å². The summed E-state index contributed by atoms with van der Waals surface area (Å²) in [6, 6.07) is 7.43. The minimum Gasteiger partial charge on any atom is -0.481 e. The van der Waals surface area contributed by atoms with Crippen molar-refractivity contribution in [2.45, 2.75) is 19.1 Å². The van der Waals surface area contributed by atoms with Crippen molar-refractivity contribution in [3.8, 4) is 17.6 Å². The van der Waals surface area contributed by atoms with Crippen molar-refractivity contribution in [2.24, 2.45) is 0 Å². The number of benzene rings is 1. The van der Waals surface area contributed by atoms with E-state index in [-0.39, 0.29) is 13.2 Å². The van der Waals surface area contributed by atoms with E-state index in [0.29, 0.717) is 5.75 Å². The van der Waals surface area contributed by atoms with Crippen molar-refractivity contribution in [3.63, 3.8) is 0 Å². The summed E-state index contributed by atoms with van der Waals surface area (Å²) in [4.78, 5) is 0. The normalized spacial score (nSPS) is 10.9. The van der Waals surface area contributed by atoms with Crippen molar-refractivity contribution >= 4 is 26.0 Å². The van der Waals surface area contributed by atoms with Crippen LogP contribution in [0.4, 0.5) is 0 Å². The van der Waals surface area contributed by atoms with Crippen LogP contribution in [-0.4, -0.2) is 26.8 Å². The van der Waals surface area contributed by atoms with Gasteiger partial charge in [0, 0.05) is 4.47 Å². The zero-order valence-electron chi connectivity index (χ0n) is 10.8. The number of hydrogen-bond donors (Lipinski definition) is 1. The third-order valence-corrected chi connectivity index (χ3v) is 4.50. The Labute approximate surface area is 122 Å². The second-order valence-electron chi connectivity index (χ2n) is 4.01. The maximum atomic E-state index is 11.4. The highest BCUT2D eigenvalue weighted by atomic mass is 79.9. The van der Waals surface area contributed by atoms with Gasteiger partial charge in [0.25, 0.3) is 0 Å². The fourth-order valence-electron chi connectivity index (χ4n) is 1.09. The molecule has 0 bridgehead atoms. The van der Waals surface area contributed by atoms with E-state index in [1.807, 2.05) is 24.3 Å². The Morgan fingerprint density at radius 1 is 1.37 bits per heavy atom. The molecular weight excluding hydrogens is 330 g/mol. The van der Waals surface area contributed by atoms with Crippen LogP contribution in [0.5, 0.6) is 5.75 Å². The zero-order valence-corrected chi connectivity index (χ0v) is 13.2. The molecule has 0 heterocycles. The summed E-state index contributed by atoms with van der Waals surface area (Å²) in [6.07, 6.45) is 0. The molecule has 104 valence electrons. The number of rotatable bonds is 5. The molecule has 0 radical (unpaired) electrons. The summed E-state index contributed by atoms with van der Waals surface area (Å²) in [5.74, 6) is 6.17. The molecule has 1 N–H and O–H groups in total. The van der Waals surface area contributed by atoms with E-state index in [2.05, 4.69) is 32.5 Å². The van der Waals surface area contributed by atoms with Gasteiger partial charge in [0.05, 0.1) is 11.8 Å². The fraction of sp³-hybridized carbons (Fsp3) is 0.385. The standard InChI is InChI=1S/C13H16BrNO3S/c1-11(2)19(16,17)15-8-3-4-9-18-13-7-5-6-12(14)10-13/h5-7,10-11,15H,8-9H2,1-2H3. The molecule has 0 aliphatic rings. The van der Waals surface area contributed by atoms with Gasteiger partial charge >= 0.3 is 0 Å². The first-order chi connectivity index (χ1) is 8.92. The molecule has 4 nitrogen and oxygen atoms in total. The molecule has 0 aliphatic carbocycles. The number of ether oxygens (including phenoxy) is 1. The van der Waals surface area contributed by atoms with Crippen LogP contribution in [0, 0.1) is 11.8 Å². The molecule has 19 heavy (non-hydrogen) atoms. The fourth-order valence-corrected chi connectivity index (χ4v) is 2.08. The van der Waals surface area contributed by atoms with Gasteiger partial charge in [-0.2, -0.15) is 0 Å². The van der Waals surface area contributed by atoms with E-state index in [1.165, 1.54) is 0 Å². The van der Waals surface area contributed by atoms with Crippen molar-refractivity contribution in [1.29, 1.82) is 0 Å². The summed E-state index contributed by atoms with van der Waals surface area (Å²) in [7, 11) is -3.24. The summed E-state index contributed by atoms with van der Waals surface area (Å²) in [5.41, 5.74) is 0. The first-order valence-corrected chi connectivity index (χ1v) is 8.08. The minimum absolute atomic E-state index is 0.0996. The smallest absolute Gasteiger partial charge is 0.214 e. The maximum Gasteiger partial charge on any atom is 0.214 e. The first kappa shape index (κ1) is 16.0. The average molecular weight is 346 g/mol. The van der Waals surface area contributed by atoms with Crippen LogP contribution in [0.15, 0.2) is 28.7 Å². The summed E-state index contributed by atoms with van der Waals surface area (Å²) in [5, 5.41) is -0.452. The lowest BCUT2D eigenvalue weighted by Gasteiger charge is -2.05. The second-order valence-corrected chi connectivity index (χ2v) is 7.25. The predicted molar refractivity (Wildman–Crippen MR) is 79.5 cm³/mol. The van der Waals surface area contributed by atoms with Crippen LogP contribution < -0.4 is 9.46 Å². The van der Waals surface area contributed by atoms with Gasteiger partial charge in [-0.15, -0.1) is 0 Å². The molecule has 0 atom stereocenters. The Kier molecular flexibility index (Phi) is 6.35. The molecule has 1 aromatic carbocycles. The Morgan fingerprint density at radius 2 is 2.11 bits per heavy atom. The molecule has 0 spiro atoms. The van der Waals surface area contributed by atoms with Gasteiger partial charge in [0.2, 0.25) is 10.0 Å². The van der Waals surface area contributed by atoms with Gasteiger partial charge in [-0.25, -0.2) is 13.1 Å². The highest BCUT2D eigenvalue weighted by Crippen LogP contribution is 2.17. The number of nitrogens with one attached hydrogen (secondary N) is 1. The van der Waals surface area contributed by atoms with Crippen molar-refractivity contribution < 1.29 is 13.2 Å².